The Labute approximate surface area is 115 Å². The molecule has 0 unspecified atom stereocenters. The summed E-state index contributed by atoms with van der Waals surface area (Å²) in [6.45, 7) is 0.346. The second-order valence-electron chi connectivity index (χ2n) is 4.39. The molecule has 1 aromatic heterocycles. The third-order valence-corrected chi connectivity index (χ3v) is 3.04. The molecule has 0 bridgehead atoms. The van der Waals surface area contributed by atoms with E-state index in [4.69, 9.17) is 0 Å². The van der Waals surface area contributed by atoms with Gasteiger partial charge in [0.15, 0.2) is 5.82 Å². The number of imide groups is 1. The van der Waals surface area contributed by atoms with Gasteiger partial charge >= 0.3 is 6.03 Å². The predicted octanol–water partition coefficient (Wildman–Crippen LogP) is 1.59. The average molecular weight is 268 g/mol. The highest BCUT2D eigenvalue weighted by Crippen LogP contribution is 2.18. The molecule has 0 spiro atoms. The molecule has 0 saturated carbocycles. The van der Waals surface area contributed by atoms with Crippen molar-refractivity contribution in [3.05, 3.63) is 42.7 Å². The third-order valence-electron chi connectivity index (χ3n) is 3.04. The zero-order valence-corrected chi connectivity index (χ0v) is 10.6. The van der Waals surface area contributed by atoms with Gasteiger partial charge in [-0.15, -0.1) is 0 Å². The fourth-order valence-electron chi connectivity index (χ4n) is 2.01. The zero-order valence-electron chi connectivity index (χ0n) is 10.6. The summed E-state index contributed by atoms with van der Waals surface area (Å²) in [7, 11) is 0. The fourth-order valence-corrected chi connectivity index (χ4v) is 2.01. The summed E-state index contributed by atoms with van der Waals surface area (Å²) in [5, 5.41) is 2.27. The Hall–Kier alpha value is -2.76. The van der Waals surface area contributed by atoms with Crippen LogP contribution >= 0.6 is 0 Å². The molecule has 1 fully saturated rings. The molecule has 20 heavy (non-hydrogen) atoms. The fraction of sp³-hybridized carbons (Fsp3) is 0.143. The monoisotopic (exact) mass is 268 g/mol. The van der Waals surface area contributed by atoms with Gasteiger partial charge in [0.1, 0.15) is 0 Å². The van der Waals surface area contributed by atoms with E-state index in [1.807, 2.05) is 30.3 Å². The highest BCUT2D eigenvalue weighted by Gasteiger charge is 2.24. The number of rotatable bonds is 2. The van der Waals surface area contributed by atoms with Crippen molar-refractivity contribution in [2.24, 2.45) is 0 Å². The molecule has 1 N–H and O–H groups in total. The number of carbonyl (C=O) groups excluding carboxylic acids is 2. The molecule has 0 aliphatic carbocycles. The molecular weight excluding hydrogens is 256 g/mol. The van der Waals surface area contributed by atoms with E-state index in [-0.39, 0.29) is 12.3 Å². The minimum absolute atomic E-state index is 0.256. The first-order valence-corrected chi connectivity index (χ1v) is 6.23. The van der Waals surface area contributed by atoms with Crippen molar-refractivity contribution in [1.29, 1.82) is 0 Å². The first-order chi connectivity index (χ1) is 9.74. The first-order valence-electron chi connectivity index (χ1n) is 6.23. The standard InChI is InChI=1S/C14H12N4O2/c19-12-6-7-18(14(20)17-12)11-8-15-13(16-9-11)10-4-2-1-3-5-10/h1-5,8-9H,6-7H2,(H,17,19,20). The van der Waals surface area contributed by atoms with Crippen LogP contribution < -0.4 is 10.2 Å². The Morgan fingerprint density at radius 1 is 1.05 bits per heavy atom. The molecule has 1 saturated heterocycles. The Balaban J connectivity index is 1.83. The van der Waals surface area contributed by atoms with Gasteiger partial charge in [0.2, 0.25) is 5.91 Å². The third kappa shape index (κ3) is 2.35. The lowest BCUT2D eigenvalue weighted by Gasteiger charge is -2.25. The van der Waals surface area contributed by atoms with Crippen LogP contribution in [-0.4, -0.2) is 28.5 Å². The van der Waals surface area contributed by atoms with E-state index < -0.39 is 6.03 Å². The summed E-state index contributed by atoms with van der Waals surface area (Å²) in [6.07, 6.45) is 3.46. The molecule has 2 heterocycles. The summed E-state index contributed by atoms with van der Waals surface area (Å²) >= 11 is 0. The Morgan fingerprint density at radius 2 is 1.75 bits per heavy atom. The van der Waals surface area contributed by atoms with Crippen molar-refractivity contribution >= 4 is 17.6 Å². The lowest BCUT2D eigenvalue weighted by molar-refractivity contribution is -0.120. The van der Waals surface area contributed by atoms with Gasteiger partial charge in [-0.25, -0.2) is 14.8 Å². The average Bonchev–Trinajstić information content (AvgIpc) is 2.48. The minimum atomic E-state index is -0.433. The van der Waals surface area contributed by atoms with Gasteiger partial charge < -0.3 is 0 Å². The highest BCUT2D eigenvalue weighted by molar-refractivity contribution is 6.05. The molecule has 0 radical (unpaired) electrons. The topological polar surface area (TPSA) is 75.2 Å². The second kappa shape index (κ2) is 5.08. The molecule has 3 amide bonds. The Bertz CT molecular complexity index is 640. The number of urea groups is 1. The van der Waals surface area contributed by atoms with Crippen LogP contribution in [0.3, 0.4) is 0 Å². The number of amides is 3. The number of nitrogens with one attached hydrogen (secondary N) is 1. The van der Waals surface area contributed by atoms with Crippen LogP contribution in [0.25, 0.3) is 11.4 Å². The van der Waals surface area contributed by atoms with Crippen LogP contribution in [-0.2, 0) is 4.79 Å². The Kier molecular flexibility index (Phi) is 3.12. The van der Waals surface area contributed by atoms with Gasteiger partial charge in [0, 0.05) is 18.5 Å². The lowest BCUT2D eigenvalue weighted by Crippen LogP contribution is -2.49. The van der Waals surface area contributed by atoms with Crippen molar-refractivity contribution in [2.45, 2.75) is 6.42 Å². The Morgan fingerprint density at radius 3 is 2.40 bits per heavy atom. The van der Waals surface area contributed by atoms with Gasteiger partial charge in [-0.05, 0) is 0 Å². The first kappa shape index (κ1) is 12.3. The summed E-state index contributed by atoms with van der Waals surface area (Å²) in [6, 6.07) is 9.15. The number of nitrogens with zero attached hydrogens (tertiary/aromatic N) is 3. The highest BCUT2D eigenvalue weighted by atomic mass is 16.2. The molecule has 1 aromatic carbocycles. The normalized spacial score (nSPS) is 15.1. The summed E-state index contributed by atoms with van der Waals surface area (Å²) in [5.41, 5.74) is 1.49. The van der Waals surface area contributed by atoms with E-state index in [9.17, 15) is 9.59 Å². The largest absolute Gasteiger partial charge is 0.328 e. The van der Waals surface area contributed by atoms with E-state index in [0.717, 1.165) is 5.56 Å². The molecule has 6 nitrogen and oxygen atoms in total. The van der Waals surface area contributed by atoms with E-state index in [1.54, 1.807) is 12.4 Å². The number of benzene rings is 1. The number of hydrogen-bond donors (Lipinski definition) is 1. The summed E-state index contributed by atoms with van der Waals surface area (Å²) < 4.78 is 0. The van der Waals surface area contributed by atoms with Crippen molar-refractivity contribution in [3.63, 3.8) is 0 Å². The van der Waals surface area contributed by atoms with Crippen LogP contribution in [0.1, 0.15) is 6.42 Å². The number of aromatic nitrogens is 2. The van der Waals surface area contributed by atoms with Crippen LogP contribution in [0.4, 0.5) is 10.5 Å². The minimum Gasteiger partial charge on any atom is -0.291 e. The van der Waals surface area contributed by atoms with Crippen molar-refractivity contribution in [3.8, 4) is 11.4 Å². The maximum atomic E-state index is 11.7. The van der Waals surface area contributed by atoms with E-state index in [0.29, 0.717) is 18.1 Å². The van der Waals surface area contributed by atoms with E-state index in [2.05, 4.69) is 15.3 Å². The summed E-state index contributed by atoms with van der Waals surface area (Å²) in [4.78, 5) is 32.8. The molecule has 3 rings (SSSR count). The maximum Gasteiger partial charge on any atom is 0.328 e. The number of carbonyl (C=O) groups is 2. The quantitative estimate of drug-likeness (QED) is 0.897. The predicted molar refractivity (Wildman–Crippen MR) is 73.0 cm³/mol. The zero-order chi connectivity index (χ0) is 13.9. The molecule has 100 valence electrons. The number of hydrogen-bond acceptors (Lipinski definition) is 4. The SMILES string of the molecule is O=C1CCN(c2cnc(-c3ccccc3)nc2)C(=O)N1. The maximum absolute atomic E-state index is 11.7. The molecule has 6 heteroatoms. The van der Waals surface area contributed by atoms with Gasteiger partial charge in [-0.1, -0.05) is 30.3 Å². The van der Waals surface area contributed by atoms with Crippen molar-refractivity contribution in [1.82, 2.24) is 15.3 Å². The molecule has 0 atom stereocenters. The van der Waals surface area contributed by atoms with Crippen LogP contribution in [0.2, 0.25) is 0 Å². The molecule has 1 aliphatic heterocycles. The number of anilines is 1. The van der Waals surface area contributed by atoms with E-state index in [1.165, 1.54) is 4.90 Å². The molecule has 2 aromatic rings. The molecule has 1 aliphatic rings. The second-order valence-corrected chi connectivity index (χ2v) is 4.39. The van der Waals surface area contributed by atoms with Gasteiger partial charge in [0.05, 0.1) is 18.1 Å². The van der Waals surface area contributed by atoms with Gasteiger partial charge in [-0.2, -0.15) is 0 Å². The van der Waals surface area contributed by atoms with Gasteiger partial charge in [0.25, 0.3) is 0 Å². The smallest absolute Gasteiger partial charge is 0.291 e. The van der Waals surface area contributed by atoms with E-state index >= 15 is 0 Å². The van der Waals surface area contributed by atoms with Crippen LogP contribution in [0, 0.1) is 0 Å². The van der Waals surface area contributed by atoms with Gasteiger partial charge in [-0.3, -0.25) is 15.0 Å². The summed E-state index contributed by atoms with van der Waals surface area (Å²) in [5.74, 6) is 0.343. The van der Waals surface area contributed by atoms with Crippen molar-refractivity contribution < 1.29 is 9.59 Å². The molecular formula is C14H12N4O2. The lowest BCUT2D eigenvalue weighted by atomic mass is 10.2. The van der Waals surface area contributed by atoms with Crippen LogP contribution in [0.15, 0.2) is 42.7 Å². The van der Waals surface area contributed by atoms with Crippen LogP contribution in [0.5, 0.6) is 0 Å². The van der Waals surface area contributed by atoms with Crippen molar-refractivity contribution in [2.75, 3.05) is 11.4 Å².